The standard InChI is InChI=1S/C23H22F3N5O4S/c1-36-10-9-29-7-8-31-17(22(29)35)18(32)20(33)28-19(31)16-3-2-6-30(16)21(34)13-4-5-14(12-27)15(11-13)23(24,25)26/h4-5,11,16,32H,2-3,6-10H2,1H3. The number of hydrogen-bond donors (Lipinski definition) is 1. The van der Waals surface area contributed by atoms with Gasteiger partial charge in [-0.05, 0) is 37.3 Å². The smallest absolute Gasteiger partial charge is 0.417 e. The van der Waals surface area contributed by atoms with Gasteiger partial charge in [-0.2, -0.15) is 35.2 Å². The van der Waals surface area contributed by atoms with Crippen LogP contribution in [0.2, 0.25) is 0 Å². The number of likely N-dealkylation sites (tertiary alicyclic amines) is 1. The highest BCUT2D eigenvalue weighted by molar-refractivity contribution is 7.98. The lowest BCUT2D eigenvalue weighted by atomic mass is 10.0. The van der Waals surface area contributed by atoms with Gasteiger partial charge in [0.2, 0.25) is 5.75 Å². The molecule has 190 valence electrons. The number of carbonyl (C=O) groups is 2. The number of nitrogens with zero attached hydrogens (tertiary/aromatic N) is 5. The lowest BCUT2D eigenvalue weighted by Crippen LogP contribution is -2.45. The van der Waals surface area contributed by atoms with Gasteiger partial charge < -0.3 is 19.5 Å². The van der Waals surface area contributed by atoms with Crippen LogP contribution in [0.1, 0.15) is 56.7 Å². The second kappa shape index (κ2) is 9.85. The summed E-state index contributed by atoms with van der Waals surface area (Å²) in [4.78, 5) is 45.7. The van der Waals surface area contributed by atoms with Crippen molar-refractivity contribution >= 4 is 23.6 Å². The number of halogens is 3. The van der Waals surface area contributed by atoms with Gasteiger partial charge in [-0.25, -0.2) is 0 Å². The zero-order valence-corrected chi connectivity index (χ0v) is 20.0. The lowest BCUT2D eigenvalue weighted by molar-refractivity contribution is -0.137. The first-order chi connectivity index (χ1) is 17.1. The van der Waals surface area contributed by atoms with E-state index in [0.717, 1.165) is 12.1 Å². The quantitative estimate of drug-likeness (QED) is 0.642. The highest BCUT2D eigenvalue weighted by Crippen LogP contribution is 2.36. The van der Waals surface area contributed by atoms with Crippen LogP contribution in [-0.2, 0) is 12.7 Å². The van der Waals surface area contributed by atoms with Crippen LogP contribution in [-0.4, -0.2) is 67.9 Å². The van der Waals surface area contributed by atoms with E-state index in [-0.39, 0.29) is 30.2 Å². The van der Waals surface area contributed by atoms with Gasteiger partial charge in [-0.1, -0.05) is 0 Å². The van der Waals surface area contributed by atoms with E-state index in [0.29, 0.717) is 37.8 Å². The number of rotatable bonds is 5. The van der Waals surface area contributed by atoms with Crippen molar-refractivity contribution in [1.29, 1.82) is 5.26 Å². The van der Waals surface area contributed by atoms with E-state index >= 15 is 0 Å². The average Bonchev–Trinajstić information content (AvgIpc) is 3.33. The molecule has 1 saturated heterocycles. The fourth-order valence-corrected chi connectivity index (χ4v) is 5.00. The number of carbonyl (C=O) groups excluding carboxylic acids is 2. The SMILES string of the molecule is CSCCN1CCn2c(C3CCCN3C(=O)c3ccc(C#N)c(C(F)(F)F)c3)nc(=O)c(O)c2C1=O. The summed E-state index contributed by atoms with van der Waals surface area (Å²) >= 11 is 1.55. The summed E-state index contributed by atoms with van der Waals surface area (Å²) in [7, 11) is 0. The predicted octanol–water partition coefficient (Wildman–Crippen LogP) is 2.64. The topological polar surface area (TPSA) is 120 Å². The summed E-state index contributed by atoms with van der Waals surface area (Å²) in [6.45, 7) is 1.18. The van der Waals surface area contributed by atoms with Crippen LogP contribution in [0.15, 0.2) is 23.0 Å². The number of aromatic nitrogens is 2. The molecule has 0 bridgehead atoms. The Hall–Kier alpha value is -3.53. The average molecular weight is 522 g/mol. The number of amides is 2. The molecule has 2 aliphatic rings. The van der Waals surface area contributed by atoms with E-state index < -0.39 is 46.5 Å². The molecule has 0 saturated carbocycles. The van der Waals surface area contributed by atoms with Gasteiger partial charge in [-0.15, -0.1) is 0 Å². The molecule has 1 aromatic carbocycles. The van der Waals surface area contributed by atoms with Gasteiger partial charge in [0.1, 0.15) is 5.82 Å². The van der Waals surface area contributed by atoms with Gasteiger partial charge in [0, 0.05) is 37.5 Å². The zero-order chi connectivity index (χ0) is 26.2. The van der Waals surface area contributed by atoms with Gasteiger partial charge in [0.25, 0.3) is 11.8 Å². The second-order valence-electron chi connectivity index (χ2n) is 8.44. The summed E-state index contributed by atoms with van der Waals surface area (Å²) in [5, 5.41) is 19.4. The summed E-state index contributed by atoms with van der Waals surface area (Å²) < 4.78 is 41.7. The van der Waals surface area contributed by atoms with Crippen molar-refractivity contribution in [1.82, 2.24) is 19.4 Å². The normalized spacial score (nSPS) is 17.8. The number of benzene rings is 1. The summed E-state index contributed by atoms with van der Waals surface area (Å²) in [5.41, 5.74) is -3.27. The van der Waals surface area contributed by atoms with E-state index in [2.05, 4.69) is 4.98 Å². The van der Waals surface area contributed by atoms with Gasteiger partial charge in [-0.3, -0.25) is 14.4 Å². The second-order valence-corrected chi connectivity index (χ2v) is 9.42. The van der Waals surface area contributed by atoms with Crippen molar-refractivity contribution in [2.24, 2.45) is 0 Å². The van der Waals surface area contributed by atoms with Crippen molar-refractivity contribution < 1.29 is 27.9 Å². The van der Waals surface area contributed by atoms with Crippen molar-refractivity contribution in [3.63, 3.8) is 0 Å². The zero-order valence-electron chi connectivity index (χ0n) is 19.2. The van der Waals surface area contributed by atoms with Crippen LogP contribution in [0.25, 0.3) is 0 Å². The summed E-state index contributed by atoms with van der Waals surface area (Å²) in [6.07, 6.45) is -2.06. The molecular weight excluding hydrogens is 499 g/mol. The molecule has 0 radical (unpaired) electrons. The van der Waals surface area contributed by atoms with Crippen LogP contribution in [0.3, 0.4) is 0 Å². The molecule has 2 aliphatic heterocycles. The Morgan fingerprint density at radius 2 is 2.03 bits per heavy atom. The minimum absolute atomic E-state index is 0.112. The van der Waals surface area contributed by atoms with Gasteiger partial charge >= 0.3 is 11.7 Å². The monoisotopic (exact) mass is 521 g/mol. The van der Waals surface area contributed by atoms with E-state index in [1.807, 2.05) is 6.26 Å². The van der Waals surface area contributed by atoms with E-state index in [4.69, 9.17) is 5.26 Å². The van der Waals surface area contributed by atoms with Crippen LogP contribution < -0.4 is 5.56 Å². The predicted molar refractivity (Wildman–Crippen MR) is 124 cm³/mol. The van der Waals surface area contributed by atoms with Gasteiger partial charge in [0.05, 0.1) is 23.2 Å². The first-order valence-electron chi connectivity index (χ1n) is 11.1. The Balaban J connectivity index is 1.73. The van der Waals surface area contributed by atoms with E-state index in [9.17, 15) is 32.7 Å². The Morgan fingerprint density at radius 1 is 1.28 bits per heavy atom. The van der Waals surface area contributed by atoms with Crippen LogP contribution >= 0.6 is 11.8 Å². The molecule has 4 rings (SSSR count). The molecule has 2 aromatic rings. The molecule has 0 spiro atoms. The molecular formula is C23H22F3N5O4S. The molecule has 0 aliphatic carbocycles. The fourth-order valence-electron chi connectivity index (χ4n) is 4.60. The van der Waals surface area contributed by atoms with Crippen molar-refractivity contribution in [3.05, 3.63) is 56.8 Å². The van der Waals surface area contributed by atoms with E-state index in [1.165, 1.54) is 20.4 Å². The van der Waals surface area contributed by atoms with Crippen LogP contribution in [0, 0.1) is 11.3 Å². The van der Waals surface area contributed by atoms with Crippen molar-refractivity contribution in [2.45, 2.75) is 31.6 Å². The Kier molecular flexibility index (Phi) is 6.99. The van der Waals surface area contributed by atoms with Gasteiger partial charge in [0.15, 0.2) is 5.69 Å². The number of fused-ring (bicyclic) bond motifs is 1. The summed E-state index contributed by atoms with van der Waals surface area (Å²) in [5.74, 6) is -1.22. The molecule has 1 N–H and O–H groups in total. The highest BCUT2D eigenvalue weighted by atomic mass is 32.2. The first kappa shape index (κ1) is 25.6. The maximum atomic E-state index is 13.4. The van der Waals surface area contributed by atoms with E-state index in [1.54, 1.807) is 11.8 Å². The third kappa shape index (κ3) is 4.53. The van der Waals surface area contributed by atoms with Crippen molar-refractivity contribution in [2.75, 3.05) is 31.6 Å². The van der Waals surface area contributed by atoms with Crippen LogP contribution in [0.4, 0.5) is 13.2 Å². The Morgan fingerprint density at radius 3 is 2.69 bits per heavy atom. The minimum atomic E-state index is -4.82. The molecule has 1 atom stereocenters. The number of aromatic hydroxyl groups is 1. The molecule has 2 amide bonds. The Bertz CT molecular complexity index is 1320. The fraction of sp³-hybridized carbons (Fsp3) is 0.435. The number of nitriles is 1. The molecule has 3 heterocycles. The lowest BCUT2D eigenvalue weighted by Gasteiger charge is -2.33. The molecule has 1 fully saturated rings. The molecule has 1 unspecified atom stereocenters. The third-order valence-corrected chi connectivity index (χ3v) is 6.93. The molecule has 13 heteroatoms. The first-order valence-corrected chi connectivity index (χ1v) is 12.5. The maximum absolute atomic E-state index is 13.4. The number of hydrogen-bond acceptors (Lipinski definition) is 7. The minimum Gasteiger partial charge on any atom is -0.501 e. The molecule has 9 nitrogen and oxygen atoms in total. The Labute approximate surface area is 208 Å². The van der Waals surface area contributed by atoms with Crippen LogP contribution in [0.5, 0.6) is 5.75 Å². The third-order valence-electron chi connectivity index (χ3n) is 6.34. The van der Waals surface area contributed by atoms with Crippen molar-refractivity contribution in [3.8, 4) is 11.8 Å². The number of alkyl halides is 3. The molecule has 36 heavy (non-hydrogen) atoms. The largest absolute Gasteiger partial charge is 0.501 e. The number of thioether (sulfide) groups is 1. The summed E-state index contributed by atoms with van der Waals surface area (Å²) in [6, 6.07) is 3.46. The molecule has 1 aromatic heterocycles. The maximum Gasteiger partial charge on any atom is 0.417 e. The highest BCUT2D eigenvalue weighted by Gasteiger charge is 2.39.